The first-order valence-electron chi connectivity index (χ1n) is 9.63. The van der Waals surface area contributed by atoms with Crippen molar-refractivity contribution in [3.8, 4) is 5.75 Å². The van der Waals surface area contributed by atoms with Crippen LogP contribution in [0.25, 0.3) is 6.08 Å². The van der Waals surface area contributed by atoms with Crippen LogP contribution in [-0.4, -0.2) is 22.2 Å². The molecule has 8 heteroatoms. The molecule has 0 amide bonds. The van der Waals surface area contributed by atoms with Crippen molar-refractivity contribution in [3.05, 3.63) is 95.6 Å². The first-order chi connectivity index (χ1) is 14.9. The van der Waals surface area contributed by atoms with E-state index in [0.29, 0.717) is 31.2 Å². The lowest BCUT2D eigenvalue weighted by Gasteiger charge is -2.24. The number of aromatic nitrogens is 1. The number of aromatic hydroxyl groups is 1. The van der Waals surface area contributed by atoms with E-state index >= 15 is 0 Å². The highest BCUT2D eigenvalue weighted by molar-refractivity contribution is 7.07. The molecule has 0 aliphatic carbocycles. The summed E-state index contributed by atoms with van der Waals surface area (Å²) < 4.78 is 7.23. The number of fused-ring (bicyclic) bond motifs is 1. The minimum absolute atomic E-state index is 0.112. The third-order valence-corrected chi connectivity index (χ3v) is 6.11. The quantitative estimate of drug-likeness (QED) is 0.614. The largest absolute Gasteiger partial charge is 0.508 e. The number of nitrogens with zero attached hydrogens (tertiary/aromatic N) is 2. The first kappa shape index (κ1) is 21.1. The maximum atomic E-state index is 13.4. The maximum absolute atomic E-state index is 13.4. The molecule has 0 saturated carbocycles. The van der Waals surface area contributed by atoms with Crippen LogP contribution in [0.2, 0.25) is 5.02 Å². The van der Waals surface area contributed by atoms with Gasteiger partial charge in [0.25, 0.3) is 5.56 Å². The van der Waals surface area contributed by atoms with Crippen molar-refractivity contribution >= 4 is 35.0 Å². The summed E-state index contributed by atoms with van der Waals surface area (Å²) in [6.07, 6.45) is 1.70. The highest BCUT2D eigenvalue weighted by Crippen LogP contribution is 2.31. The highest BCUT2D eigenvalue weighted by Gasteiger charge is 2.33. The molecule has 4 rings (SSSR count). The molecule has 0 radical (unpaired) electrons. The van der Waals surface area contributed by atoms with Crippen molar-refractivity contribution in [2.45, 2.75) is 19.9 Å². The third kappa shape index (κ3) is 4.06. The number of hydrogen-bond donors (Lipinski definition) is 1. The summed E-state index contributed by atoms with van der Waals surface area (Å²) in [4.78, 5) is 31.2. The fourth-order valence-corrected chi connectivity index (χ4v) is 4.69. The lowest BCUT2D eigenvalue weighted by Crippen LogP contribution is -2.39. The Bertz CT molecular complexity index is 1370. The standard InChI is InChI=1S/C23H19ClN2O4S/c1-3-30-22(29)19-13(2)25-23-26(20(19)15-7-9-16(24)10-8-15)21(28)18(31-23)12-14-5-4-6-17(27)11-14/h4-12,20,27H,3H2,1-2H3/b18-12-/t20-/m1/s1. The van der Waals surface area contributed by atoms with Crippen molar-refractivity contribution in [2.75, 3.05) is 6.61 Å². The molecular weight excluding hydrogens is 436 g/mol. The number of halogens is 1. The smallest absolute Gasteiger partial charge is 0.338 e. The van der Waals surface area contributed by atoms with Crippen LogP contribution >= 0.6 is 22.9 Å². The number of ether oxygens (including phenoxy) is 1. The fraction of sp³-hybridized carbons (Fsp3) is 0.174. The molecule has 1 atom stereocenters. The average molecular weight is 455 g/mol. The Morgan fingerprint density at radius 3 is 2.71 bits per heavy atom. The van der Waals surface area contributed by atoms with Gasteiger partial charge in [-0.2, -0.15) is 0 Å². The van der Waals surface area contributed by atoms with Crippen LogP contribution in [0.1, 0.15) is 31.0 Å². The third-order valence-electron chi connectivity index (χ3n) is 4.87. The van der Waals surface area contributed by atoms with Crippen molar-refractivity contribution in [3.63, 3.8) is 0 Å². The molecular formula is C23H19ClN2O4S. The van der Waals surface area contributed by atoms with E-state index in [1.54, 1.807) is 68.5 Å². The van der Waals surface area contributed by atoms with E-state index in [9.17, 15) is 14.7 Å². The first-order valence-corrected chi connectivity index (χ1v) is 10.8. The Labute approximate surface area is 187 Å². The van der Waals surface area contributed by atoms with Crippen molar-refractivity contribution < 1.29 is 14.6 Å². The number of esters is 1. The summed E-state index contributed by atoms with van der Waals surface area (Å²) in [6.45, 7) is 3.68. The van der Waals surface area contributed by atoms with Crippen molar-refractivity contribution in [1.29, 1.82) is 0 Å². The Balaban J connectivity index is 1.96. The molecule has 3 aromatic rings. The second-order valence-corrected chi connectivity index (χ2v) is 8.39. The van der Waals surface area contributed by atoms with Crippen LogP contribution in [0.5, 0.6) is 5.75 Å². The van der Waals surface area contributed by atoms with Gasteiger partial charge in [0.1, 0.15) is 5.75 Å². The van der Waals surface area contributed by atoms with Gasteiger partial charge < -0.3 is 9.84 Å². The van der Waals surface area contributed by atoms with E-state index in [-0.39, 0.29) is 17.9 Å². The lowest BCUT2D eigenvalue weighted by atomic mass is 9.96. The van der Waals surface area contributed by atoms with Crippen LogP contribution in [0.4, 0.5) is 0 Å². The molecule has 1 aliphatic rings. The van der Waals surface area contributed by atoms with Gasteiger partial charge in [-0.1, -0.05) is 47.2 Å². The van der Waals surface area contributed by atoms with Crippen LogP contribution < -0.4 is 14.9 Å². The minimum atomic E-state index is -0.682. The topological polar surface area (TPSA) is 80.9 Å². The molecule has 158 valence electrons. The van der Waals surface area contributed by atoms with Gasteiger partial charge in [0.2, 0.25) is 0 Å². The van der Waals surface area contributed by atoms with Gasteiger partial charge in [0.15, 0.2) is 4.80 Å². The number of phenols is 1. The predicted octanol–water partition coefficient (Wildman–Crippen LogP) is 3.16. The average Bonchev–Trinajstić information content (AvgIpc) is 3.02. The van der Waals surface area contributed by atoms with E-state index < -0.39 is 12.0 Å². The Morgan fingerprint density at radius 1 is 1.29 bits per heavy atom. The van der Waals surface area contributed by atoms with Crippen LogP contribution in [-0.2, 0) is 9.53 Å². The zero-order valence-electron chi connectivity index (χ0n) is 16.8. The second kappa shape index (κ2) is 8.53. The van der Waals surface area contributed by atoms with Gasteiger partial charge in [-0.15, -0.1) is 0 Å². The molecule has 31 heavy (non-hydrogen) atoms. The van der Waals surface area contributed by atoms with Gasteiger partial charge in [-0.3, -0.25) is 9.36 Å². The number of benzene rings is 2. The van der Waals surface area contributed by atoms with E-state index in [1.807, 2.05) is 0 Å². The van der Waals surface area contributed by atoms with Crippen LogP contribution in [0.3, 0.4) is 0 Å². The summed E-state index contributed by atoms with van der Waals surface area (Å²) in [5, 5.41) is 10.3. The Morgan fingerprint density at radius 2 is 2.03 bits per heavy atom. The van der Waals surface area contributed by atoms with Crippen LogP contribution in [0.15, 0.2) is 69.6 Å². The van der Waals surface area contributed by atoms with Gasteiger partial charge in [0.05, 0.1) is 28.5 Å². The number of phenolic OH excluding ortho intramolecular Hbond substituents is 1. The number of carbonyl (C=O) groups is 1. The molecule has 0 spiro atoms. The van der Waals surface area contributed by atoms with Gasteiger partial charge in [-0.05, 0) is 55.3 Å². The van der Waals surface area contributed by atoms with Gasteiger partial charge in [-0.25, -0.2) is 9.79 Å². The molecule has 2 aromatic carbocycles. The predicted molar refractivity (Wildman–Crippen MR) is 120 cm³/mol. The van der Waals surface area contributed by atoms with E-state index in [2.05, 4.69) is 4.99 Å². The van der Waals surface area contributed by atoms with E-state index in [1.165, 1.54) is 15.9 Å². The summed E-state index contributed by atoms with van der Waals surface area (Å²) >= 11 is 7.28. The molecule has 0 bridgehead atoms. The van der Waals surface area contributed by atoms with Crippen molar-refractivity contribution in [1.82, 2.24) is 4.57 Å². The van der Waals surface area contributed by atoms with E-state index in [4.69, 9.17) is 16.3 Å². The monoisotopic (exact) mass is 454 g/mol. The zero-order valence-corrected chi connectivity index (χ0v) is 18.4. The molecule has 1 aromatic heterocycles. The lowest BCUT2D eigenvalue weighted by molar-refractivity contribution is -0.139. The molecule has 0 saturated heterocycles. The van der Waals surface area contributed by atoms with Gasteiger partial charge >= 0.3 is 5.97 Å². The molecule has 1 N–H and O–H groups in total. The number of carbonyl (C=O) groups excluding carboxylic acids is 1. The summed E-state index contributed by atoms with van der Waals surface area (Å²) in [7, 11) is 0. The number of thiazole rings is 1. The van der Waals surface area contributed by atoms with Crippen LogP contribution in [0, 0.1) is 0 Å². The normalized spacial score (nSPS) is 16.1. The molecule has 6 nitrogen and oxygen atoms in total. The van der Waals surface area contributed by atoms with Gasteiger partial charge in [0, 0.05) is 5.02 Å². The fourth-order valence-electron chi connectivity index (χ4n) is 3.52. The SMILES string of the molecule is CCOC(=O)C1=C(C)N=c2s/c(=C\c3cccc(O)c3)c(=O)n2[C@@H]1c1ccc(Cl)cc1. The zero-order chi connectivity index (χ0) is 22.1. The molecule has 0 fully saturated rings. The summed E-state index contributed by atoms with van der Waals surface area (Å²) in [5.74, 6) is -0.396. The second-order valence-electron chi connectivity index (χ2n) is 6.95. The number of allylic oxidation sites excluding steroid dienone is 1. The molecule has 2 heterocycles. The number of rotatable bonds is 4. The highest BCUT2D eigenvalue weighted by atomic mass is 35.5. The molecule has 1 aliphatic heterocycles. The number of hydrogen-bond acceptors (Lipinski definition) is 6. The minimum Gasteiger partial charge on any atom is -0.508 e. The summed E-state index contributed by atoms with van der Waals surface area (Å²) in [6, 6.07) is 13.0. The van der Waals surface area contributed by atoms with E-state index in [0.717, 1.165) is 5.56 Å². The molecule has 0 unspecified atom stereocenters. The van der Waals surface area contributed by atoms with Crippen molar-refractivity contribution in [2.24, 2.45) is 4.99 Å². The summed E-state index contributed by atoms with van der Waals surface area (Å²) in [5.41, 5.74) is 1.96. The Kier molecular flexibility index (Phi) is 5.80. The maximum Gasteiger partial charge on any atom is 0.338 e. The Hall–Kier alpha value is -3.16.